The number of aryl methyl sites for hydroxylation is 1. The first-order valence-electron chi connectivity index (χ1n) is 10.1. The van der Waals surface area contributed by atoms with Gasteiger partial charge >= 0.3 is 0 Å². The zero-order valence-electron chi connectivity index (χ0n) is 17.8. The van der Waals surface area contributed by atoms with E-state index in [2.05, 4.69) is 5.32 Å². The van der Waals surface area contributed by atoms with Crippen LogP contribution >= 0.6 is 0 Å². The molecule has 2 heterocycles. The topological polar surface area (TPSA) is 103 Å². The Balaban J connectivity index is 1.44. The predicted octanol–water partition coefficient (Wildman–Crippen LogP) is 0.669. The third kappa shape index (κ3) is 6.16. The van der Waals surface area contributed by atoms with Crippen LogP contribution in [-0.4, -0.2) is 80.7 Å². The van der Waals surface area contributed by atoms with Gasteiger partial charge in [0.15, 0.2) is 0 Å². The van der Waals surface area contributed by atoms with Gasteiger partial charge in [0, 0.05) is 26.2 Å². The number of carbonyl (C=O) groups is 2. The van der Waals surface area contributed by atoms with Crippen LogP contribution in [-0.2, 0) is 26.2 Å². The minimum Gasteiger partial charge on any atom is -0.467 e. The van der Waals surface area contributed by atoms with Gasteiger partial charge in [-0.05, 0) is 38.2 Å². The van der Waals surface area contributed by atoms with Crippen LogP contribution in [0.15, 0.2) is 52.0 Å². The molecule has 0 bridgehead atoms. The fourth-order valence-electron chi connectivity index (χ4n) is 3.32. The summed E-state index contributed by atoms with van der Waals surface area (Å²) in [4.78, 5) is 28.1. The first kappa shape index (κ1) is 23.0. The summed E-state index contributed by atoms with van der Waals surface area (Å²) in [7, 11) is -1.87. The van der Waals surface area contributed by atoms with E-state index in [0.717, 1.165) is 5.56 Å². The van der Waals surface area contributed by atoms with Crippen LogP contribution in [0.4, 0.5) is 0 Å². The summed E-state index contributed by atoms with van der Waals surface area (Å²) < 4.78 is 32.1. The van der Waals surface area contributed by atoms with Crippen molar-refractivity contribution in [3.05, 3.63) is 54.0 Å². The number of amides is 2. The highest BCUT2D eigenvalue weighted by Crippen LogP contribution is 2.18. The molecule has 31 heavy (non-hydrogen) atoms. The van der Waals surface area contributed by atoms with Gasteiger partial charge in [-0.3, -0.25) is 14.5 Å². The van der Waals surface area contributed by atoms with E-state index >= 15 is 0 Å². The van der Waals surface area contributed by atoms with Crippen molar-refractivity contribution < 1.29 is 22.4 Å². The van der Waals surface area contributed by atoms with Crippen molar-refractivity contribution >= 4 is 21.8 Å². The summed E-state index contributed by atoms with van der Waals surface area (Å²) in [6, 6.07) is 10.3. The van der Waals surface area contributed by atoms with E-state index in [-0.39, 0.29) is 42.9 Å². The maximum atomic E-state index is 12.8. The van der Waals surface area contributed by atoms with Crippen molar-refractivity contribution in [2.75, 3.05) is 46.3 Å². The lowest BCUT2D eigenvalue weighted by Gasteiger charge is -2.34. The molecular formula is C21H28N4O5S. The molecule has 3 rings (SSSR count). The van der Waals surface area contributed by atoms with Crippen molar-refractivity contribution in [1.29, 1.82) is 0 Å². The fourth-order valence-corrected chi connectivity index (χ4v) is 4.75. The largest absolute Gasteiger partial charge is 0.467 e. The summed E-state index contributed by atoms with van der Waals surface area (Å²) in [5.41, 5.74) is 0.994. The molecule has 1 N–H and O–H groups in total. The van der Waals surface area contributed by atoms with Crippen LogP contribution < -0.4 is 5.32 Å². The fraction of sp³-hybridized carbons (Fsp3) is 0.429. The van der Waals surface area contributed by atoms with Crippen molar-refractivity contribution in [3.63, 3.8) is 0 Å². The van der Waals surface area contributed by atoms with Gasteiger partial charge < -0.3 is 14.6 Å². The van der Waals surface area contributed by atoms with Crippen LogP contribution in [0, 0.1) is 6.92 Å². The molecule has 1 aliphatic heterocycles. The summed E-state index contributed by atoms with van der Waals surface area (Å²) in [6.07, 6.45) is 1.54. The third-order valence-electron chi connectivity index (χ3n) is 5.11. The molecule has 1 aromatic carbocycles. The van der Waals surface area contributed by atoms with Crippen molar-refractivity contribution in [1.82, 2.24) is 19.4 Å². The van der Waals surface area contributed by atoms with Gasteiger partial charge in [-0.2, -0.15) is 4.31 Å². The first-order chi connectivity index (χ1) is 14.8. The minimum absolute atomic E-state index is 0.0776. The van der Waals surface area contributed by atoms with Crippen LogP contribution in [0.3, 0.4) is 0 Å². The number of furan rings is 1. The highest BCUT2D eigenvalue weighted by atomic mass is 32.2. The van der Waals surface area contributed by atoms with Gasteiger partial charge in [-0.1, -0.05) is 17.7 Å². The summed E-state index contributed by atoms with van der Waals surface area (Å²) in [6.45, 7) is 3.49. The Morgan fingerprint density at radius 2 is 1.74 bits per heavy atom. The number of carbonyl (C=O) groups excluding carboxylic acids is 2. The van der Waals surface area contributed by atoms with E-state index in [1.807, 2.05) is 6.92 Å². The normalized spacial score (nSPS) is 15.3. The monoisotopic (exact) mass is 448 g/mol. The highest BCUT2D eigenvalue weighted by molar-refractivity contribution is 7.89. The van der Waals surface area contributed by atoms with Gasteiger partial charge in [0.05, 0.1) is 30.8 Å². The number of sulfonamides is 1. The number of benzene rings is 1. The van der Waals surface area contributed by atoms with Crippen LogP contribution in [0.2, 0.25) is 0 Å². The molecule has 0 spiro atoms. The number of hydrogen-bond donors (Lipinski definition) is 1. The highest BCUT2D eigenvalue weighted by Gasteiger charge is 2.30. The lowest BCUT2D eigenvalue weighted by Crippen LogP contribution is -2.52. The third-order valence-corrected chi connectivity index (χ3v) is 7.02. The molecule has 1 saturated heterocycles. The summed E-state index contributed by atoms with van der Waals surface area (Å²) in [5.74, 6) is 0.319. The molecule has 168 valence electrons. The maximum Gasteiger partial charge on any atom is 0.243 e. The second-order valence-corrected chi connectivity index (χ2v) is 9.56. The van der Waals surface area contributed by atoms with E-state index in [1.165, 1.54) is 10.6 Å². The van der Waals surface area contributed by atoms with Gasteiger partial charge in [0.2, 0.25) is 21.8 Å². The molecule has 1 aromatic heterocycles. The van der Waals surface area contributed by atoms with E-state index < -0.39 is 10.0 Å². The Morgan fingerprint density at radius 1 is 1.06 bits per heavy atom. The van der Waals surface area contributed by atoms with Crippen LogP contribution in [0.5, 0.6) is 0 Å². The van der Waals surface area contributed by atoms with Gasteiger partial charge in [0.25, 0.3) is 0 Å². The molecule has 0 aliphatic carbocycles. The molecule has 2 aromatic rings. The quantitative estimate of drug-likeness (QED) is 0.637. The number of nitrogens with one attached hydrogen (secondary N) is 1. The summed E-state index contributed by atoms with van der Waals surface area (Å²) >= 11 is 0. The van der Waals surface area contributed by atoms with Crippen molar-refractivity contribution in [3.8, 4) is 0 Å². The van der Waals surface area contributed by atoms with Crippen molar-refractivity contribution in [2.24, 2.45) is 0 Å². The molecule has 0 atom stereocenters. The molecular weight excluding hydrogens is 420 g/mol. The van der Waals surface area contributed by atoms with E-state index in [0.29, 0.717) is 25.4 Å². The molecule has 0 saturated carbocycles. The van der Waals surface area contributed by atoms with Crippen LogP contribution in [0.25, 0.3) is 0 Å². The molecule has 0 radical (unpaired) electrons. The second-order valence-electron chi connectivity index (χ2n) is 7.63. The number of piperazine rings is 1. The van der Waals surface area contributed by atoms with E-state index in [1.54, 1.807) is 53.2 Å². The smallest absolute Gasteiger partial charge is 0.243 e. The summed E-state index contributed by atoms with van der Waals surface area (Å²) in [5, 5.41) is 2.74. The zero-order chi connectivity index (χ0) is 22.4. The van der Waals surface area contributed by atoms with Crippen LogP contribution in [0.1, 0.15) is 11.3 Å². The van der Waals surface area contributed by atoms with Crippen molar-refractivity contribution in [2.45, 2.75) is 18.4 Å². The number of nitrogens with zero attached hydrogens (tertiary/aromatic N) is 3. The standard InChI is InChI=1S/C21H28N4O5S/c1-17-5-7-19(8-6-17)31(28,29)25-11-9-24(10-12-25)21(27)16-23(2)15-20(26)22-14-18-4-3-13-30-18/h3-8,13H,9-12,14-16H2,1-2H3,(H,22,26). The average molecular weight is 449 g/mol. The number of rotatable bonds is 8. The average Bonchev–Trinajstić information content (AvgIpc) is 3.26. The first-order valence-corrected chi connectivity index (χ1v) is 11.5. The Kier molecular flexibility index (Phi) is 7.47. The number of hydrogen-bond acceptors (Lipinski definition) is 6. The molecule has 2 amide bonds. The SMILES string of the molecule is Cc1ccc(S(=O)(=O)N2CCN(C(=O)CN(C)CC(=O)NCc3ccco3)CC2)cc1. The van der Waals surface area contributed by atoms with E-state index in [9.17, 15) is 18.0 Å². The lowest BCUT2D eigenvalue weighted by atomic mass is 10.2. The zero-order valence-corrected chi connectivity index (χ0v) is 18.6. The molecule has 10 heteroatoms. The van der Waals surface area contributed by atoms with Gasteiger partial charge in [-0.15, -0.1) is 0 Å². The van der Waals surface area contributed by atoms with Gasteiger partial charge in [-0.25, -0.2) is 8.42 Å². The predicted molar refractivity (Wildman–Crippen MR) is 115 cm³/mol. The molecule has 9 nitrogen and oxygen atoms in total. The molecule has 1 aliphatic rings. The van der Waals surface area contributed by atoms with E-state index in [4.69, 9.17) is 4.42 Å². The Bertz CT molecular complexity index is 981. The Labute approximate surface area is 182 Å². The maximum absolute atomic E-state index is 12.8. The molecule has 1 fully saturated rings. The Hall–Kier alpha value is -2.69. The minimum atomic E-state index is -3.57. The second kappa shape index (κ2) is 10.1. The Morgan fingerprint density at radius 3 is 2.35 bits per heavy atom. The molecule has 0 unspecified atom stereocenters. The number of likely N-dealkylation sites (N-methyl/N-ethyl adjacent to an activating group) is 1. The lowest BCUT2D eigenvalue weighted by molar-refractivity contribution is -0.133. The van der Waals surface area contributed by atoms with Gasteiger partial charge in [0.1, 0.15) is 5.76 Å².